The quantitative estimate of drug-likeness (QED) is 0.246. The summed E-state index contributed by atoms with van der Waals surface area (Å²) < 4.78 is 59.4. The SMILES string of the molecule is O=C(OC1NCCc2[nH]c3ccc(Nc4ncc(F)c(-c5cnc6ncccn56)n4)cc3c21)C(F)(F)F. The molecule has 0 fully saturated rings. The number of rotatable bonds is 4. The minimum Gasteiger partial charge on any atom is -0.435 e. The minimum absolute atomic E-state index is 0.00132. The highest BCUT2D eigenvalue weighted by Crippen LogP contribution is 2.35. The van der Waals surface area contributed by atoms with Gasteiger partial charge in [0.25, 0.3) is 0 Å². The molecule has 3 N–H and O–H groups in total. The number of hydrogen-bond donors (Lipinski definition) is 3. The second-order valence-electron chi connectivity index (χ2n) is 8.21. The smallest absolute Gasteiger partial charge is 0.435 e. The molecule has 1 unspecified atom stereocenters. The molecule has 0 bridgehead atoms. The molecule has 10 nitrogen and oxygen atoms in total. The second-order valence-corrected chi connectivity index (χ2v) is 8.21. The Kier molecular flexibility index (Phi) is 5.26. The van der Waals surface area contributed by atoms with Crippen LogP contribution in [0.2, 0.25) is 0 Å². The van der Waals surface area contributed by atoms with Crippen molar-refractivity contribution in [2.45, 2.75) is 18.8 Å². The predicted molar refractivity (Wildman–Crippen MR) is 122 cm³/mol. The van der Waals surface area contributed by atoms with Crippen LogP contribution in [0.15, 0.2) is 49.1 Å². The van der Waals surface area contributed by atoms with Crippen molar-refractivity contribution in [2.24, 2.45) is 0 Å². The Morgan fingerprint density at radius 3 is 2.89 bits per heavy atom. The van der Waals surface area contributed by atoms with Crippen molar-refractivity contribution in [3.05, 3.63) is 66.1 Å². The van der Waals surface area contributed by atoms with Crippen LogP contribution in [0.1, 0.15) is 17.5 Å². The standard InChI is InChI=1S/C23H16F4N8O2/c24-13-9-30-21(34-18(13)16-10-31-22-29-5-1-7-35(16)22)32-11-2-3-14-12(8-11)17-15(33-14)4-6-28-19(17)37-20(36)23(25,26)27/h1-3,5,7-10,19,28,33H,4,6H2,(H,30,32,34). The second kappa shape index (κ2) is 8.51. The third kappa shape index (κ3) is 4.10. The molecule has 37 heavy (non-hydrogen) atoms. The van der Waals surface area contributed by atoms with Gasteiger partial charge in [-0.2, -0.15) is 13.2 Å². The number of benzene rings is 1. The zero-order chi connectivity index (χ0) is 25.7. The third-order valence-corrected chi connectivity index (χ3v) is 5.88. The van der Waals surface area contributed by atoms with E-state index in [9.17, 15) is 22.4 Å². The number of nitrogens with one attached hydrogen (secondary N) is 3. The van der Waals surface area contributed by atoms with Crippen LogP contribution in [-0.2, 0) is 16.0 Å². The number of carbonyl (C=O) groups excluding carboxylic acids is 1. The molecule has 0 saturated heterocycles. The predicted octanol–water partition coefficient (Wildman–Crippen LogP) is 3.80. The molecular formula is C23H16F4N8O2. The molecule has 5 heterocycles. The molecule has 0 spiro atoms. The summed E-state index contributed by atoms with van der Waals surface area (Å²) in [6.07, 6.45) is -0.177. The van der Waals surface area contributed by atoms with Crippen molar-refractivity contribution in [3.63, 3.8) is 0 Å². The lowest BCUT2D eigenvalue weighted by Gasteiger charge is -2.25. The van der Waals surface area contributed by atoms with Crippen LogP contribution in [0.4, 0.5) is 29.2 Å². The van der Waals surface area contributed by atoms with E-state index in [2.05, 4.69) is 35.6 Å². The van der Waals surface area contributed by atoms with Crippen LogP contribution in [0.3, 0.4) is 0 Å². The number of aromatic nitrogens is 6. The lowest BCUT2D eigenvalue weighted by atomic mass is 10.0. The van der Waals surface area contributed by atoms with E-state index in [1.165, 1.54) is 6.20 Å². The number of halogens is 4. The lowest BCUT2D eigenvalue weighted by molar-refractivity contribution is -0.207. The number of esters is 1. The van der Waals surface area contributed by atoms with E-state index in [4.69, 9.17) is 4.74 Å². The largest absolute Gasteiger partial charge is 0.490 e. The molecule has 0 aliphatic carbocycles. The molecule has 4 aromatic heterocycles. The summed E-state index contributed by atoms with van der Waals surface area (Å²) in [6, 6.07) is 6.77. The van der Waals surface area contributed by atoms with Gasteiger partial charge in [-0.05, 0) is 24.3 Å². The summed E-state index contributed by atoms with van der Waals surface area (Å²) in [6.45, 7) is 0.325. The van der Waals surface area contributed by atoms with Crippen LogP contribution in [-0.4, -0.2) is 48.0 Å². The van der Waals surface area contributed by atoms with Crippen molar-refractivity contribution < 1.29 is 27.1 Å². The zero-order valence-electron chi connectivity index (χ0n) is 18.7. The molecule has 1 aliphatic heterocycles. The van der Waals surface area contributed by atoms with Gasteiger partial charge in [-0.15, -0.1) is 0 Å². The Hall–Kier alpha value is -4.59. The first-order valence-electron chi connectivity index (χ1n) is 11.0. The van der Waals surface area contributed by atoms with Gasteiger partial charge in [0.1, 0.15) is 5.69 Å². The zero-order valence-corrected chi connectivity index (χ0v) is 18.7. The van der Waals surface area contributed by atoms with Crippen molar-refractivity contribution in [1.29, 1.82) is 0 Å². The fourth-order valence-corrected chi connectivity index (χ4v) is 4.29. The van der Waals surface area contributed by atoms with Gasteiger partial charge < -0.3 is 15.0 Å². The highest BCUT2D eigenvalue weighted by atomic mass is 19.4. The van der Waals surface area contributed by atoms with Gasteiger partial charge in [0.2, 0.25) is 11.7 Å². The van der Waals surface area contributed by atoms with E-state index >= 15 is 0 Å². The number of aromatic amines is 1. The first-order chi connectivity index (χ1) is 17.8. The number of hydrogen-bond acceptors (Lipinski definition) is 8. The van der Waals surface area contributed by atoms with Gasteiger partial charge in [-0.1, -0.05) is 0 Å². The van der Waals surface area contributed by atoms with Gasteiger partial charge in [0.15, 0.2) is 12.0 Å². The summed E-state index contributed by atoms with van der Waals surface area (Å²) >= 11 is 0. The molecule has 5 aromatic rings. The summed E-state index contributed by atoms with van der Waals surface area (Å²) in [5, 5.41) is 6.34. The Bertz CT molecular complexity index is 1660. The van der Waals surface area contributed by atoms with E-state index < -0.39 is 24.2 Å². The van der Waals surface area contributed by atoms with Crippen molar-refractivity contribution in [1.82, 2.24) is 34.6 Å². The molecule has 188 valence electrons. The lowest BCUT2D eigenvalue weighted by Crippen LogP contribution is -2.36. The third-order valence-electron chi connectivity index (χ3n) is 5.88. The number of ether oxygens (including phenoxy) is 1. The van der Waals surface area contributed by atoms with E-state index in [1.54, 1.807) is 41.1 Å². The van der Waals surface area contributed by atoms with Crippen molar-refractivity contribution in [3.8, 4) is 11.4 Å². The fraction of sp³-hybridized carbons (Fsp3) is 0.174. The topological polar surface area (TPSA) is 122 Å². The van der Waals surface area contributed by atoms with Crippen molar-refractivity contribution in [2.75, 3.05) is 11.9 Å². The van der Waals surface area contributed by atoms with Gasteiger partial charge in [-0.25, -0.2) is 29.1 Å². The van der Waals surface area contributed by atoms with Gasteiger partial charge in [0, 0.05) is 53.2 Å². The normalized spacial score (nSPS) is 15.6. The maximum atomic E-state index is 14.6. The summed E-state index contributed by atoms with van der Waals surface area (Å²) in [4.78, 5) is 31.2. The number of imidazole rings is 1. The molecule has 14 heteroatoms. The minimum atomic E-state index is -5.12. The average molecular weight is 512 g/mol. The average Bonchev–Trinajstić information content (AvgIpc) is 3.46. The highest BCUT2D eigenvalue weighted by molar-refractivity contribution is 5.89. The van der Waals surface area contributed by atoms with Crippen LogP contribution < -0.4 is 10.6 Å². The van der Waals surface area contributed by atoms with E-state index in [-0.39, 0.29) is 11.6 Å². The number of H-pyrrole nitrogens is 1. The number of anilines is 2. The summed E-state index contributed by atoms with van der Waals surface area (Å²) in [5.74, 6) is -2.48. The highest BCUT2D eigenvalue weighted by Gasteiger charge is 2.43. The first-order valence-corrected chi connectivity index (χ1v) is 11.0. The molecular weight excluding hydrogens is 496 g/mol. The maximum absolute atomic E-state index is 14.6. The molecule has 0 saturated carbocycles. The number of nitrogens with zero attached hydrogens (tertiary/aromatic N) is 5. The number of carbonyl (C=O) groups is 1. The molecule has 1 aliphatic rings. The summed E-state index contributed by atoms with van der Waals surface area (Å²) in [5.41, 5.74) is 2.57. The van der Waals surface area contributed by atoms with E-state index in [1.807, 2.05) is 0 Å². The summed E-state index contributed by atoms with van der Waals surface area (Å²) in [7, 11) is 0. The van der Waals surface area contributed by atoms with E-state index in [0.717, 1.165) is 6.20 Å². The Balaban J connectivity index is 1.34. The number of alkyl halides is 3. The van der Waals surface area contributed by atoms with E-state index in [0.29, 0.717) is 52.3 Å². The molecule has 1 atom stereocenters. The van der Waals surface area contributed by atoms with Gasteiger partial charge in [0.05, 0.1) is 18.1 Å². The Morgan fingerprint density at radius 2 is 2.05 bits per heavy atom. The van der Waals surface area contributed by atoms with Gasteiger partial charge >= 0.3 is 12.1 Å². The Morgan fingerprint density at radius 1 is 1.19 bits per heavy atom. The molecule has 0 radical (unpaired) electrons. The van der Waals surface area contributed by atoms with Crippen LogP contribution in [0, 0.1) is 5.82 Å². The molecule has 6 rings (SSSR count). The van der Waals surface area contributed by atoms with Crippen LogP contribution in [0.25, 0.3) is 28.1 Å². The van der Waals surface area contributed by atoms with Crippen LogP contribution in [0.5, 0.6) is 0 Å². The van der Waals surface area contributed by atoms with Crippen molar-refractivity contribution >= 4 is 34.3 Å². The molecule has 1 aromatic carbocycles. The number of fused-ring (bicyclic) bond motifs is 4. The van der Waals surface area contributed by atoms with Gasteiger partial charge in [-0.3, -0.25) is 9.72 Å². The Labute approximate surface area is 204 Å². The maximum Gasteiger partial charge on any atom is 0.490 e. The first kappa shape index (κ1) is 22.8. The monoisotopic (exact) mass is 512 g/mol. The fourth-order valence-electron chi connectivity index (χ4n) is 4.29. The molecule has 0 amide bonds. The van der Waals surface area contributed by atoms with Crippen LogP contribution >= 0.6 is 0 Å².